The number of nitrogens with zero attached hydrogens (tertiary/aromatic N) is 2. The van der Waals surface area contributed by atoms with Crippen LogP contribution in [0.2, 0.25) is 0 Å². The van der Waals surface area contributed by atoms with Gasteiger partial charge in [0.1, 0.15) is 11.6 Å². The smallest absolute Gasteiger partial charge is 0.256 e. The lowest BCUT2D eigenvalue weighted by molar-refractivity contribution is -0.137. The quantitative estimate of drug-likeness (QED) is 0.843. The van der Waals surface area contributed by atoms with Crippen LogP contribution in [0.5, 0.6) is 0 Å². The Morgan fingerprint density at radius 3 is 2.48 bits per heavy atom. The Balaban J connectivity index is 0.00000261. The second-order valence-corrected chi connectivity index (χ2v) is 7.08. The molecule has 0 spiro atoms. The predicted octanol–water partition coefficient (Wildman–Crippen LogP) is 2.45. The van der Waals surface area contributed by atoms with E-state index in [0.29, 0.717) is 25.9 Å². The van der Waals surface area contributed by atoms with Crippen LogP contribution in [0.4, 0.5) is 8.78 Å². The minimum absolute atomic E-state index is 0. The molecule has 2 aliphatic rings. The lowest BCUT2D eigenvalue weighted by Gasteiger charge is -2.35. The second kappa shape index (κ2) is 9.46. The van der Waals surface area contributed by atoms with Gasteiger partial charge in [0.25, 0.3) is 5.91 Å². The minimum Gasteiger partial charge on any atom is -0.339 e. The summed E-state index contributed by atoms with van der Waals surface area (Å²) in [4.78, 5) is 28.8. The fourth-order valence-corrected chi connectivity index (χ4v) is 3.97. The molecule has 0 saturated carbocycles. The van der Waals surface area contributed by atoms with E-state index in [1.807, 2.05) is 11.9 Å². The summed E-state index contributed by atoms with van der Waals surface area (Å²) in [6.07, 6.45) is 3.21. The molecule has 0 bridgehead atoms. The molecule has 2 heterocycles. The first-order chi connectivity index (χ1) is 12.5. The zero-order valence-electron chi connectivity index (χ0n) is 15.4. The highest BCUT2D eigenvalue weighted by molar-refractivity contribution is 5.94. The van der Waals surface area contributed by atoms with Gasteiger partial charge in [-0.3, -0.25) is 9.59 Å². The van der Waals surface area contributed by atoms with Crippen LogP contribution >= 0.6 is 12.4 Å². The van der Waals surface area contributed by atoms with Gasteiger partial charge in [-0.2, -0.15) is 0 Å². The molecule has 2 aliphatic heterocycles. The van der Waals surface area contributed by atoms with Crippen LogP contribution in [0, 0.1) is 17.6 Å². The first-order valence-corrected chi connectivity index (χ1v) is 9.20. The molecule has 1 N–H and O–H groups in total. The molecule has 2 fully saturated rings. The third kappa shape index (κ3) is 4.76. The maximum absolute atomic E-state index is 13.8. The summed E-state index contributed by atoms with van der Waals surface area (Å²) in [5, 5.41) is 3.14. The van der Waals surface area contributed by atoms with Crippen molar-refractivity contribution in [1.29, 1.82) is 0 Å². The van der Waals surface area contributed by atoms with Gasteiger partial charge in [-0.05, 0) is 44.9 Å². The molecule has 1 unspecified atom stereocenters. The van der Waals surface area contributed by atoms with E-state index < -0.39 is 17.5 Å². The van der Waals surface area contributed by atoms with Crippen molar-refractivity contribution >= 4 is 24.2 Å². The molecule has 1 aromatic carbocycles. The Bertz CT molecular complexity index is 681. The second-order valence-electron chi connectivity index (χ2n) is 7.08. The number of rotatable bonds is 4. The number of halogens is 3. The van der Waals surface area contributed by atoms with E-state index in [2.05, 4.69) is 5.32 Å². The number of hydrogen-bond donors (Lipinski definition) is 1. The van der Waals surface area contributed by atoms with Crippen LogP contribution in [0.3, 0.4) is 0 Å². The van der Waals surface area contributed by atoms with Crippen LogP contribution in [-0.2, 0) is 4.79 Å². The van der Waals surface area contributed by atoms with Gasteiger partial charge in [-0.1, -0.05) is 0 Å². The molecule has 0 aromatic heterocycles. The summed E-state index contributed by atoms with van der Waals surface area (Å²) in [6, 6.07) is 3.23. The summed E-state index contributed by atoms with van der Waals surface area (Å²) in [5.74, 6) is -1.91. The molecule has 1 atom stereocenters. The highest BCUT2D eigenvalue weighted by Gasteiger charge is 2.35. The van der Waals surface area contributed by atoms with Gasteiger partial charge >= 0.3 is 0 Å². The highest BCUT2D eigenvalue weighted by atomic mass is 35.5. The minimum atomic E-state index is -0.847. The van der Waals surface area contributed by atoms with E-state index in [9.17, 15) is 18.4 Å². The molecule has 2 amide bonds. The standard InChI is InChI=1S/C19H25F2N3O2.ClH/c1-22-12-15-3-2-8-24(15)18(25)13-6-9-23(10-7-13)19(26)16-5-4-14(20)11-17(16)21;/h4-5,11,13,15,22H,2-3,6-10,12H2,1H3;1H. The van der Waals surface area contributed by atoms with E-state index in [4.69, 9.17) is 0 Å². The molecule has 27 heavy (non-hydrogen) atoms. The largest absolute Gasteiger partial charge is 0.339 e. The molecular formula is C19H26ClF2N3O2. The SMILES string of the molecule is CNCC1CCCN1C(=O)C1CCN(C(=O)c2ccc(F)cc2F)CC1.Cl. The fraction of sp³-hybridized carbons (Fsp3) is 0.579. The van der Waals surface area contributed by atoms with E-state index in [1.54, 1.807) is 4.90 Å². The van der Waals surface area contributed by atoms with Crippen molar-refractivity contribution in [2.24, 2.45) is 5.92 Å². The van der Waals surface area contributed by atoms with Crippen molar-refractivity contribution in [2.75, 3.05) is 33.2 Å². The monoisotopic (exact) mass is 401 g/mol. The number of carbonyl (C=O) groups excluding carboxylic acids is 2. The zero-order valence-corrected chi connectivity index (χ0v) is 16.2. The van der Waals surface area contributed by atoms with Gasteiger partial charge in [-0.25, -0.2) is 8.78 Å². The maximum Gasteiger partial charge on any atom is 0.256 e. The average molecular weight is 402 g/mol. The molecule has 8 heteroatoms. The lowest BCUT2D eigenvalue weighted by Crippen LogP contribution is -2.47. The fourth-order valence-electron chi connectivity index (χ4n) is 3.97. The number of piperidine rings is 1. The lowest BCUT2D eigenvalue weighted by atomic mass is 9.94. The van der Waals surface area contributed by atoms with Gasteiger partial charge in [-0.15, -0.1) is 12.4 Å². The Hall–Kier alpha value is -1.73. The van der Waals surface area contributed by atoms with E-state index >= 15 is 0 Å². The van der Waals surface area contributed by atoms with Crippen LogP contribution in [0.15, 0.2) is 18.2 Å². The first kappa shape index (κ1) is 21.6. The summed E-state index contributed by atoms with van der Waals surface area (Å²) >= 11 is 0. The molecule has 0 radical (unpaired) electrons. The summed E-state index contributed by atoms with van der Waals surface area (Å²) in [6.45, 7) is 2.42. The number of carbonyl (C=O) groups is 2. The summed E-state index contributed by atoms with van der Waals surface area (Å²) < 4.78 is 26.8. The van der Waals surface area contributed by atoms with Crippen molar-refractivity contribution in [3.05, 3.63) is 35.4 Å². The number of amides is 2. The van der Waals surface area contributed by atoms with Gasteiger partial charge in [0.05, 0.1) is 5.56 Å². The molecule has 2 saturated heterocycles. The van der Waals surface area contributed by atoms with Crippen LogP contribution in [-0.4, -0.2) is 60.9 Å². The van der Waals surface area contributed by atoms with E-state index in [0.717, 1.165) is 38.1 Å². The normalized spacial score (nSPS) is 20.5. The van der Waals surface area contributed by atoms with Crippen LogP contribution in [0.25, 0.3) is 0 Å². The third-order valence-electron chi connectivity index (χ3n) is 5.39. The third-order valence-corrected chi connectivity index (χ3v) is 5.39. The average Bonchev–Trinajstić information content (AvgIpc) is 3.09. The van der Waals surface area contributed by atoms with Crippen molar-refractivity contribution in [3.63, 3.8) is 0 Å². The van der Waals surface area contributed by atoms with Crippen molar-refractivity contribution in [3.8, 4) is 0 Å². The van der Waals surface area contributed by atoms with Crippen LogP contribution in [0.1, 0.15) is 36.0 Å². The maximum atomic E-state index is 13.8. The molecule has 3 rings (SSSR count). The molecule has 0 aliphatic carbocycles. The van der Waals surface area contributed by atoms with E-state index in [1.165, 1.54) is 6.07 Å². The predicted molar refractivity (Wildman–Crippen MR) is 101 cm³/mol. The van der Waals surface area contributed by atoms with Crippen molar-refractivity contribution in [1.82, 2.24) is 15.1 Å². The Labute approximate surface area is 164 Å². The molecule has 5 nitrogen and oxygen atoms in total. The number of likely N-dealkylation sites (tertiary alicyclic amines) is 2. The zero-order chi connectivity index (χ0) is 18.7. The van der Waals surface area contributed by atoms with Gasteiger partial charge in [0, 0.05) is 44.2 Å². The number of likely N-dealkylation sites (N-methyl/N-ethyl adjacent to an activating group) is 1. The number of hydrogen-bond acceptors (Lipinski definition) is 3. The van der Waals surface area contributed by atoms with E-state index in [-0.39, 0.29) is 35.8 Å². The topological polar surface area (TPSA) is 52.7 Å². The summed E-state index contributed by atoms with van der Waals surface area (Å²) in [7, 11) is 1.89. The van der Waals surface area contributed by atoms with Crippen LogP contribution < -0.4 is 5.32 Å². The first-order valence-electron chi connectivity index (χ1n) is 9.20. The summed E-state index contributed by atoms with van der Waals surface area (Å²) in [5.41, 5.74) is -0.121. The number of nitrogens with one attached hydrogen (secondary N) is 1. The Kier molecular flexibility index (Phi) is 7.56. The molecular weight excluding hydrogens is 376 g/mol. The van der Waals surface area contributed by atoms with Gasteiger partial charge in [0.15, 0.2) is 0 Å². The Morgan fingerprint density at radius 1 is 1.15 bits per heavy atom. The van der Waals surface area contributed by atoms with Crippen molar-refractivity contribution < 1.29 is 18.4 Å². The Morgan fingerprint density at radius 2 is 1.85 bits per heavy atom. The highest BCUT2D eigenvalue weighted by Crippen LogP contribution is 2.26. The van der Waals surface area contributed by atoms with Gasteiger partial charge in [0.2, 0.25) is 5.91 Å². The van der Waals surface area contributed by atoms with Gasteiger partial charge < -0.3 is 15.1 Å². The van der Waals surface area contributed by atoms with Crippen molar-refractivity contribution in [2.45, 2.75) is 31.7 Å². The molecule has 150 valence electrons. The number of benzene rings is 1. The molecule has 1 aromatic rings.